The fraction of sp³-hybridized carbons (Fsp3) is 0.500. The molecule has 5 saturated heterocycles. The fourth-order valence-electron chi connectivity index (χ4n) is 6.25. The summed E-state index contributed by atoms with van der Waals surface area (Å²) in [5.41, 5.74) is 3.20. The van der Waals surface area contributed by atoms with Gasteiger partial charge in [0.1, 0.15) is 37.0 Å². The van der Waals surface area contributed by atoms with Crippen LogP contribution in [0.3, 0.4) is 0 Å². The Labute approximate surface area is 182 Å². The van der Waals surface area contributed by atoms with Gasteiger partial charge in [0.15, 0.2) is 0 Å². The summed E-state index contributed by atoms with van der Waals surface area (Å²) in [6.07, 6.45) is 6.92. The zero-order valence-corrected chi connectivity index (χ0v) is 18.7. The number of hydrogen-bond acceptors (Lipinski definition) is 6. The van der Waals surface area contributed by atoms with Crippen molar-refractivity contribution in [2.45, 2.75) is 57.8 Å². The van der Waals surface area contributed by atoms with Crippen LogP contribution in [0.1, 0.15) is 20.8 Å². The third-order valence-electron chi connectivity index (χ3n) is 6.89. The van der Waals surface area contributed by atoms with Gasteiger partial charge in [0.25, 0.3) is 0 Å². The Morgan fingerprint density at radius 3 is 1.07 bits per heavy atom. The van der Waals surface area contributed by atoms with E-state index in [0.717, 1.165) is 36.7 Å². The Hall–Kier alpha value is -2.28. The van der Waals surface area contributed by atoms with Crippen LogP contribution in [-0.2, 0) is 0 Å². The van der Waals surface area contributed by atoms with Gasteiger partial charge in [0, 0.05) is 36.7 Å². The maximum Gasteiger partial charge on any atom is 0.134 e. The van der Waals surface area contributed by atoms with Crippen molar-refractivity contribution in [2.24, 2.45) is 0 Å². The van der Waals surface area contributed by atoms with Crippen LogP contribution in [0.5, 0.6) is 0 Å². The summed E-state index contributed by atoms with van der Waals surface area (Å²) in [6.45, 7) is 34.2. The van der Waals surface area contributed by atoms with Crippen LogP contribution in [0.4, 0.5) is 0 Å². The monoisotopic (exact) mass is 408 g/mol. The first-order valence-corrected chi connectivity index (χ1v) is 10.7. The number of rotatable bonds is 9. The molecule has 6 heteroatoms. The Balaban J connectivity index is 2.03. The van der Waals surface area contributed by atoms with Crippen LogP contribution < -0.4 is 0 Å². The largest absolute Gasteiger partial charge is 0.334 e. The quantitative estimate of drug-likeness (QED) is 0.543. The summed E-state index contributed by atoms with van der Waals surface area (Å²) in [7, 11) is 0. The van der Waals surface area contributed by atoms with E-state index >= 15 is 0 Å². The van der Waals surface area contributed by atoms with Gasteiger partial charge in [-0.2, -0.15) is 0 Å². The molecule has 5 heterocycles. The van der Waals surface area contributed by atoms with Crippen molar-refractivity contribution in [1.29, 1.82) is 0 Å². The maximum absolute atomic E-state index is 4.41. The number of hydrogen-bond donors (Lipinski definition) is 0. The van der Waals surface area contributed by atoms with E-state index in [1.165, 1.54) is 0 Å². The molecule has 0 saturated carbocycles. The minimum atomic E-state index is 0.124. The van der Waals surface area contributed by atoms with Crippen molar-refractivity contribution in [2.75, 3.05) is 19.6 Å². The lowest BCUT2D eigenvalue weighted by molar-refractivity contribution is -0.127. The summed E-state index contributed by atoms with van der Waals surface area (Å²) in [6, 6.07) is 0. The lowest BCUT2D eigenvalue weighted by atomic mass is 10.1. The van der Waals surface area contributed by atoms with Gasteiger partial charge in [-0.25, -0.2) is 0 Å². The molecule has 0 N–H and O–H groups in total. The molecule has 0 amide bonds. The zero-order valence-electron chi connectivity index (χ0n) is 18.7. The van der Waals surface area contributed by atoms with Gasteiger partial charge in [0.05, 0.1) is 0 Å². The molecule has 6 nitrogen and oxygen atoms in total. The van der Waals surface area contributed by atoms with E-state index in [9.17, 15) is 0 Å². The van der Waals surface area contributed by atoms with Crippen molar-refractivity contribution in [3.63, 3.8) is 0 Å². The van der Waals surface area contributed by atoms with Crippen molar-refractivity contribution >= 4 is 0 Å². The summed E-state index contributed by atoms with van der Waals surface area (Å²) in [5.74, 6) is 0. The highest BCUT2D eigenvalue weighted by molar-refractivity contribution is 5.26. The van der Waals surface area contributed by atoms with Crippen LogP contribution in [0, 0.1) is 0 Å². The Bertz CT molecular complexity index is 748. The first-order chi connectivity index (χ1) is 14.3. The Kier molecular flexibility index (Phi) is 5.21. The molecule has 162 valence electrons. The molecule has 0 aliphatic carbocycles. The summed E-state index contributed by atoms with van der Waals surface area (Å²) in [5, 5.41) is 0. The minimum absolute atomic E-state index is 0.124. The standard InChI is InChI=1S/C24H36N6/c1-10-13-25-19-23-28(16(4)5)21(26(19)14-11-2)22-27(15-12-3)20(25)24(29(22)17(6)7)30(23)18(8)9/h10-12,19-24H,1-4,6,8,13-15H2,5,7,9H3. The molecule has 6 unspecified atom stereocenters. The normalized spacial score (nSPS) is 35.1. The zero-order chi connectivity index (χ0) is 21.9. The lowest BCUT2D eigenvalue weighted by Crippen LogP contribution is -2.73. The van der Waals surface area contributed by atoms with Crippen molar-refractivity contribution in [1.82, 2.24) is 29.4 Å². The van der Waals surface area contributed by atoms with Crippen LogP contribution in [0.2, 0.25) is 0 Å². The van der Waals surface area contributed by atoms with Gasteiger partial charge < -0.3 is 14.7 Å². The molecule has 5 rings (SSSR count). The molecule has 5 fully saturated rings. The summed E-state index contributed by atoms with van der Waals surface area (Å²) >= 11 is 0. The van der Waals surface area contributed by atoms with Crippen LogP contribution in [0.15, 0.2) is 74.8 Å². The first kappa shape index (κ1) is 21.0. The molecular weight excluding hydrogens is 372 g/mol. The second kappa shape index (κ2) is 7.45. The average Bonchev–Trinajstić information content (AvgIpc) is 3.09. The average molecular weight is 409 g/mol. The van der Waals surface area contributed by atoms with Gasteiger partial charge >= 0.3 is 0 Å². The molecular formula is C24H36N6. The lowest BCUT2D eigenvalue weighted by Gasteiger charge is -2.56. The summed E-state index contributed by atoms with van der Waals surface area (Å²) in [4.78, 5) is 15.2. The van der Waals surface area contributed by atoms with E-state index in [-0.39, 0.29) is 37.0 Å². The highest BCUT2D eigenvalue weighted by atomic mass is 15.8. The van der Waals surface area contributed by atoms with Crippen LogP contribution in [-0.4, -0.2) is 86.0 Å². The molecule has 5 aliphatic rings. The predicted molar refractivity (Wildman–Crippen MR) is 123 cm³/mol. The second-order valence-electron chi connectivity index (χ2n) is 8.87. The smallest absolute Gasteiger partial charge is 0.134 e. The molecule has 5 aliphatic heterocycles. The van der Waals surface area contributed by atoms with E-state index in [1.54, 1.807) is 0 Å². The highest BCUT2D eigenvalue weighted by Gasteiger charge is 2.71. The molecule has 0 aromatic heterocycles. The molecule has 6 atom stereocenters. The van der Waals surface area contributed by atoms with Gasteiger partial charge in [-0.05, 0) is 20.8 Å². The van der Waals surface area contributed by atoms with E-state index in [2.05, 4.69) is 89.6 Å². The Morgan fingerprint density at radius 2 is 0.800 bits per heavy atom. The van der Waals surface area contributed by atoms with Crippen molar-refractivity contribution in [3.05, 3.63) is 74.8 Å². The molecule has 0 aromatic carbocycles. The van der Waals surface area contributed by atoms with Gasteiger partial charge in [-0.15, -0.1) is 19.7 Å². The van der Waals surface area contributed by atoms with Gasteiger partial charge in [0.2, 0.25) is 0 Å². The van der Waals surface area contributed by atoms with Crippen LogP contribution >= 0.6 is 0 Å². The van der Waals surface area contributed by atoms with E-state index < -0.39 is 0 Å². The molecule has 6 bridgehead atoms. The van der Waals surface area contributed by atoms with Gasteiger partial charge in [-0.3, -0.25) is 14.7 Å². The predicted octanol–water partition coefficient (Wildman–Crippen LogP) is 2.97. The number of piperazine rings is 1. The maximum atomic E-state index is 4.41. The molecule has 0 spiro atoms. The van der Waals surface area contributed by atoms with E-state index in [4.69, 9.17) is 0 Å². The first-order valence-electron chi connectivity index (χ1n) is 10.7. The fourth-order valence-corrected chi connectivity index (χ4v) is 6.25. The van der Waals surface area contributed by atoms with Crippen LogP contribution in [0.25, 0.3) is 0 Å². The molecule has 0 radical (unpaired) electrons. The molecule has 0 aromatic rings. The van der Waals surface area contributed by atoms with E-state index in [1.807, 2.05) is 18.2 Å². The second-order valence-corrected chi connectivity index (χ2v) is 8.87. The Morgan fingerprint density at radius 1 is 0.533 bits per heavy atom. The third-order valence-corrected chi connectivity index (χ3v) is 6.89. The van der Waals surface area contributed by atoms with Crippen molar-refractivity contribution < 1.29 is 0 Å². The topological polar surface area (TPSA) is 19.4 Å². The van der Waals surface area contributed by atoms with Crippen molar-refractivity contribution in [3.8, 4) is 0 Å². The highest BCUT2D eigenvalue weighted by Crippen LogP contribution is 2.53. The van der Waals surface area contributed by atoms with Gasteiger partial charge in [-0.1, -0.05) is 38.0 Å². The third kappa shape index (κ3) is 2.54. The minimum Gasteiger partial charge on any atom is -0.334 e. The number of allylic oxidation sites excluding steroid dienone is 3. The van der Waals surface area contributed by atoms with E-state index in [0.29, 0.717) is 0 Å². The number of nitrogens with zero attached hydrogens (tertiary/aromatic N) is 6. The SMILES string of the molecule is C=CCN1C2C3N(C(=C)C)C(C4N(CC=C)C1C(N4C(=C)C)N3C(=C)C)N2CC=C. The molecule has 30 heavy (non-hydrogen) atoms. The summed E-state index contributed by atoms with van der Waals surface area (Å²) < 4.78 is 0.